The van der Waals surface area contributed by atoms with Crippen molar-refractivity contribution in [3.8, 4) is 11.3 Å². The summed E-state index contributed by atoms with van der Waals surface area (Å²) in [5.41, 5.74) is 5.08. The van der Waals surface area contributed by atoms with Crippen molar-refractivity contribution in [3.05, 3.63) is 69.9 Å². The number of anilines is 1. The van der Waals surface area contributed by atoms with Crippen molar-refractivity contribution in [2.75, 3.05) is 18.5 Å². The summed E-state index contributed by atoms with van der Waals surface area (Å²) in [7, 11) is 1.91. The predicted octanol–water partition coefficient (Wildman–Crippen LogP) is 3.45. The molecule has 1 aliphatic heterocycles. The molecule has 0 radical (unpaired) electrons. The van der Waals surface area contributed by atoms with Gasteiger partial charge in [0.2, 0.25) is 5.95 Å². The first-order valence-electron chi connectivity index (χ1n) is 11.3. The summed E-state index contributed by atoms with van der Waals surface area (Å²) >= 11 is 0. The van der Waals surface area contributed by atoms with Crippen LogP contribution in [0.25, 0.3) is 22.2 Å². The maximum Gasteiger partial charge on any atom is 0.278 e. The molecule has 1 N–H and O–H groups in total. The van der Waals surface area contributed by atoms with Crippen LogP contribution in [-0.2, 0) is 18.3 Å². The van der Waals surface area contributed by atoms with E-state index in [4.69, 9.17) is 4.74 Å². The Balaban J connectivity index is 1.63. The van der Waals surface area contributed by atoms with E-state index >= 15 is 0 Å². The van der Waals surface area contributed by atoms with Gasteiger partial charge in [-0.3, -0.25) is 9.48 Å². The van der Waals surface area contributed by atoms with E-state index in [-0.39, 0.29) is 11.6 Å². The van der Waals surface area contributed by atoms with E-state index in [9.17, 15) is 4.79 Å². The van der Waals surface area contributed by atoms with Gasteiger partial charge in [-0.1, -0.05) is 24.3 Å². The fourth-order valence-electron chi connectivity index (χ4n) is 4.34. The van der Waals surface area contributed by atoms with E-state index in [1.807, 2.05) is 49.0 Å². The summed E-state index contributed by atoms with van der Waals surface area (Å²) in [6.07, 6.45) is 3.54. The molecule has 8 nitrogen and oxygen atoms in total. The van der Waals surface area contributed by atoms with Crippen LogP contribution in [0.4, 0.5) is 5.95 Å². The Labute approximate surface area is 192 Å². The lowest BCUT2D eigenvalue weighted by molar-refractivity contribution is 0.0903. The fraction of sp³-hybridized carbons (Fsp3) is 0.360. The molecule has 1 fully saturated rings. The molecule has 170 valence electrons. The molecule has 1 saturated heterocycles. The number of rotatable bonds is 5. The Morgan fingerprint density at radius 2 is 1.94 bits per heavy atom. The van der Waals surface area contributed by atoms with Crippen molar-refractivity contribution >= 4 is 16.9 Å². The molecular formula is C25H28N6O2. The summed E-state index contributed by atoms with van der Waals surface area (Å²) in [4.78, 5) is 22.9. The van der Waals surface area contributed by atoms with Crippen molar-refractivity contribution in [3.63, 3.8) is 0 Å². The van der Waals surface area contributed by atoms with Crippen LogP contribution in [0.5, 0.6) is 0 Å². The molecule has 0 unspecified atom stereocenters. The van der Waals surface area contributed by atoms with E-state index in [1.54, 1.807) is 10.8 Å². The van der Waals surface area contributed by atoms with Gasteiger partial charge in [-0.2, -0.15) is 5.10 Å². The maximum absolute atomic E-state index is 13.8. The zero-order valence-electron chi connectivity index (χ0n) is 19.2. The second-order valence-corrected chi connectivity index (χ2v) is 8.67. The largest absolute Gasteiger partial charge is 0.381 e. The smallest absolute Gasteiger partial charge is 0.278 e. The third-order valence-corrected chi connectivity index (χ3v) is 6.31. The molecule has 0 spiro atoms. The van der Waals surface area contributed by atoms with Gasteiger partial charge >= 0.3 is 0 Å². The summed E-state index contributed by atoms with van der Waals surface area (Å²) in [5, 5.41) is 8.67. The summed E-state index contributed by atoms with van der Waals surface area (Å²) < 4.78 is 9.03. The number of aryl methyl sites for hydroxylation is 3. The van der Waals surface area contributed by atoms with Gasteiger partial charge in [0.25, 0.3) is 5.56 Å². The van der Waals surface area contributed by atoms with Gasteiger partial charge in [0.05, 0.1) is 17.9 Å². The van der Waals surface area contributed by atoms with Gasteiger partial charge in [0.1, 0.15) is 5.52 Å². The number of pyridine rings is 1. The third-order valence-electron chi connectivity index (χ3n) is 6.31. The number of nitrogens with one attached hydrogen (secondary N) is 1. The SMILES string of the molecule is Cc1ccccc1-c1cc2cnc(NC3CCOCC3)nc2c(=O)n1Cc1cc(C)n(C)n1. The standard InChI is InChI=1S/C25H28N6O2/c1-16-6-4-5-7-21(16)22-13-18-14-26-25(27-19-8-10-33-11-9-19)28-23(18)24(32)31(22)15-20-12-17(2)30(3)29-20/h4-7,12-14,19H,8-11,15H2,1-3H3,(H,26,27,28). The van der Waals surface area contributed by atoms with Crippen LogP contribution in [0.15, 0.2) is 47.4 Å². The first kappa shape index (κ1) is 21.3. The van der Waals surface area contributed by atoms with E-state index in [2.05, 4.69) is 33.4 Å². The van der Waals surface area contributed by atoms with Crippen LogP contribution in [0.2, 0.25) is 0 Å². The second kappa shape index (κ2) is 8.78. The molecule has 33 heavy (non-hydrogen) atoms. The average Bonchev–Trinajstić information content (AvgIpc) is 3.14. The topological polar surface area (TPSA) is 86.9 Å². The number of hydrogen-bond acceptors (Lipinski definition) is 6. The van der Waals surface area contributed by atoms with Gasteiger partial charge in [0, 0.05) is 49.1 Å². The molecule has 0 atom stereocenters. The molecule has 1 aliphatic rings. The first-order valence-corrected chi connectivity index (χ1v) is 11.3. The summed E-state index contributed by atoms with van der Waals surface area (Å²) in [6, 6.07) is 12.4. The normalized spacial score (nSPS) is 14.6. The average molecular weight is 445 g/mol. The van der Waals surface area contributed by atoms with Crippen molar-refractivity contribution in [1.29, 1.82) is 0 Å². The summed E-state index contributed by atoms with van der Waals surface area (Å²) in [6.45, 7) is 5.87. The Kier molecular flexibility index (Phi) is 5.68. The molecule has 0 aliphatic carbocycles. The molecule has 3 aromatic heterocycles. The molecule has 5 rings (SSSR count). The highest BCUT2D eigenvalue weighted by Crippen LogP contribution is 2.26. The van der Waals surface area contributed by atoms with Crippen LogP contribution in [-0.4, -0.2) is 43.6 Å². The van der Waals surface area contributed by atoms with Crippen molar-refractivity contribution in [2.24, 2.45) is 7.05 Å². The van der Waals surface area contributed by atoms with Crippen molar-refractivity contribution in [2.45, 2.75) is 39.3 Å². The van der Waals surface area contributed by atoms with Crippen LogP contribution in [0.1, 0.15) is 29.8 Å². The van der Waals surface area contributed by atoms with E-state index in [1.165, 1.54) is 0 Å². The maximum atomic E-state index is 13.8. The molecular weight excluding hydrogens is 416 g/mol. The van der Waals surface area contributed by atoms with Gasteiger partial charge in [0.15, 0.2) is 0 Å². The third kappa shape index (κ3) is 4.26. The molecule has 0 saturated carbocycles. The van der Waals surface area contributed by atoms with Gasteiger partial charge in [-0.15, -0.1) is 0 Å². The first-order chi connectivity index (χ1) is 16.0. The Hall–Kier alpha value is -3.52. The zero-order valence-corrected chi connectivity index (χ0v) is 19.2. The quantitative estimate of drug-likeness (QED) is 0.507. The number of hydrogen-bond donors (Lipinski definition) is 1. The van der Waals surface area contributed by atoms with Gasteiger partial charge in [-0.05, 0) is 44.4 Å². The lowest BCUT2D eigenvalue weighted by Crippen LogP contribution is -2.29. The Bertz CT molecular complexity index is 1350. The highest BCUT2D eigenvalue weighted by molar-refractivity contribution is 5.83. The minimum atomic E-state index is -0.147. The predicted molar refractivity (Wildman–Crippen MR) is 128 cm³/mol. The molecule has 4 aromatic rings. The number of benzene rings is 1. The van der Waals surface area contributed by atoms with Gasteiger partial charge in [-0.25, -0.2) is 9.97 Å². The number of nitrogens with zero attached hydrogens (tertiary/aromatic N) is 5. The highest BCUT2D eigenvalue weighted by Gasteiger charge is 2.18. The van der Waals surface area contributed by atoms with Crippen LogP contribution >= 0.6 is 0 Å². The fourth-order valence-corrected chi connectivity index (χ4v) is 4.34. The Morgan fingerprint density at radius 1 is 1.15 bits per heavy atom. The van der Waals surface area contributed by atoms with Crippen molar-refractivity contribution in [1.82, 2.24) is 24.3 Å². The van der Waals surface area contributed by atoms with Crippen LogP contribution < -0.4 is 10.9 Å². The van der Waals surface area contributed by atoms with Gasteiger partial charge < -0.3 is 14.6 Å². The van der Waals surface area contributed by atoms with Crippen LogP contribution in [0.3, 0.4) is 0 Å². The minimum absolute atomic E-state index is 0.147. The monoisotopic (exact) mass is 444 g/mol. The van der Waals surface area contributed by atoms with E-state index < -0.39 is 0 Å². The molecule has 1 aromatic carbocycles. The molecule has 4 heterocycles. The minimum Gasteiger partial charge on any atom is -0.381 e. The molecule has 0 amide bonds. The number of aromatic nitrogens is 5. The highest BCUT2D eigenvalue weighted by atomic mass is 16.5. The van der Waals surface area contributed by atoms with E-state index in [0.717, 1.165) is 59.7 Å². The van der Waals surface area contributed by atoms with E-state index in [0.29, 0.717) is 18.0 Å². The van der Waals surface area contributed by atoms with Crippen LogP contribution in [0, 0.1) is 13.8 Å². The molecule has 8 heteroatoms. The molecule has 0 bridgehead atoms. The number of ether oxygens (including phenoxy) is 1. The lowest BCUT2D eigenvalue weighted by atomic mass is 10.0. The van der Waals surface area contributed by atoms with Crippen molar-refractivity contribution < 1.29 is 4.74 Å². The Morgan fingerprint density at radius 3 is 2.67 bits per heavy atom. The second-order valence-electron chi connectivity index (χ2n) is 8.67. The zero-order chi connectivity index (χ0) is 22.9. The number of fused-ring (bicyclic) bond motifs is 1. The lowest BCUT2D eigenvalue weighted by Gasteiger charge is -2.23. The summed E-state index contributed by atoms with van der Waals surface area (Å²) in [5.74, 6) is 0.482.